The van der Waals surface area contributed by atoms with Gasteiger partial charge in [0.15, 0.2) is 5.09 Å². The van der Waals surface area contributed by atoms with Crippen LogP contribution < -0.4 is 5.32 Å². The molecule has 2 saturated heterocycles. The van der Waals surface area contributed by atoms with Crippen molar-refractivity contribution in [2.75, 3.05) is 19.6 Å². The number of amides is 1. The van der Waals surface area contributed by atoms with E-state index >= 15 is 0 Å². The Morgan fingerprint density at radius 1 is 1.22 bits per heavy atom. The zero-order valence-corrected chi connectivity index (χ0v) is 13.7. The number of benzene rings is 1. The molecule has 3 unspecified atom stereocenters. The zero-order chi connectivity index (χ0) is 15.6. The van der Waals surface area contributed by atoms with E-state index in [1.165, 1.54) is 19.5 Å². The normalized spacial score (nSPS) is 26.2. The predicted octanol–water partition coefficient (Wildman–Crippen LogP) is 3.25. The van der Waals surface area contributed by atoms with Gasteiger partial charge in [-0.3, -0.25) is 4.79 Å². The Morgan fingerprint density at radius 3 is 2.83 bits per heavy atom. The van der Waals surface area contributed by atoms with Crippen LogP contribution in [0.4, 0.5) is 0 Å². The second-order valence-electron chi connectivity index (χ2n) is 6.38. The lowest BCUT2D eigenvalue weighted by Gasteiger charge is -2.30. The number of hydrogen-bond acceptors (Lipinski definition) is 4. The molecule has 0 spiro atoms. The molecule has 2 aromatic rings. The van der Waals surface area contributed by atoms with Gasteiger partial charge in [0.1, 0.15) is 0 Å². The van der Waals surface area contributed by atoms with E-state index in [-0.39, 0.29) is 5.91 Å². The Labute approximate surface area is 140 Å². The molecule has 3 heterocycles. The minimum absolute atomic E-state index is 0.0343. The first-order valence-electron chi connectivity index (χ1n) is 8.11. The Hall–Kier alpha value is -1.72. The van der Waals surface area contributed by atoms with Gasteiger partial charge in [-0.15, -0.1) is 0 Å². The molecule has 0 saturated carbocycles. The molecule has 2 fully saturated rings. The maximum Gasteiger partial charge on any atom is 0.251 e. The predicted molar refractivity (Wildman–Crippen MR) is 89.7 cm³/mol. The quantitative estimate of drug-likeness (QED) is 0.936. The molecule has 0 radical (unpaired) electrons. The van der Waals surface area contributed by atoms with Crippen molar-refractivity contribution in [3.05, 3.63) is 48.2 Å². The van der Waals surface area contributed by atoms with Crippen molar-refractivity contribution in [2.24, 2.45) is 5.92 Å². The van der Waals surface area contributed by atoms with Crippen LogP contribution in [0, 0.1) is 5.92 Å². The summed E-state index contributed by atoms with van der Waals surface area (Å²) < 4.78 is 5.32. The van der Waals surface area contributed by atoms with Crippen molar-refractivity contribution in [3.8, 4) is 0 Å². The molecule has 2 bridgehead atoms. The monoisotopic (exact) mass is 328 g/mol. The van der Waals surface area contributed by atoms with Crippen molar-refractivity contribution < 1.29 is 9.21 Å². The van der Waals surface area contributed by atoms with Crippen LogP contribution in [0.3, 0.4) is 0 Å². The summed E-state index contributed by atoms with van der Waals surface area (Å²) in [6, 6.07) is 11.8. The van der Waals surface area contributed by atoms with Crippen molar-refractivity contribution >= 4 is 17.7 Å². The van der Waals surface area contributed by atoms with Gasteiger partial charge in [0.2, 0.25) is 0 Å². The van der Waals surface area contributed by atoms with Gasteiger partial charge in [0.05, 0.1) is 6.26 Å². The van der Waals surface area contributed by atoms with Crippen LogP contribution in [-0.4, -0.2) is 36.5 Å². The molecular formula is C18H20N2O2S. The fraction of sp³-hybridized carbons (Fsp3) is 0.389. The van der Waals surface area contributed by atoms with Crippen LogP contribution in [0.25, 0.3) is 0 Å². The molecule has 0 aliphatic carbocycles. The van der Waals surface area contributed by atoms with Crippen molar-refractivity contribution in [3.63, 3.8) is 0 Å². The van der Waals surface area contributed by atoms with Crippen LogP contribution in [0.1, 0.15) is 23.2 Å². The maximum atomic E-state index is 12.4. The van der Waals surface area contributed by atoms with Gasteiger partial charge in [-0.25, -0.2) is 0 Å². The number of hydrogen-bond donors (Lipinski definition) is 1. The fourth-order valence-corrected chi connectivity index (χ4v) is 4.30. The number of piperidine rings is 1. The first-order chi connectivity index (χ1) is 11.3. The first kappa shape index (κ1) is 14.8. The van der Waals surface area contributed by atoms with Crippen LogP contribution >= 0.6 is 11.8 Å². The second kappa shape index (κ2) is 6.42. The van der Waals surface area contributed by atoms with E-state index in [1.54, 1.807) is 18.0 Å². The van der Waals surface area contributed by atoms with Crippen molar-refractivity contribution in [1.82, 2.24) is 10.2 Å². The molecule has 1 aromatic heterocycles. The number of nitrogens with one attached hydrogen (secondary N) is 1. The molecule has 5 heteroatoms. The molecule has 3 atom stereocenters. The van der Waals surface area contributed by atoms with Crippen LogP contribution in [0.2, 0.25) is 0 Å². The second-order valence-corrected chi connectivity index (χ2v) is 7.46. The molecule has 2 aliphatic rings. The third-order valence-corrected chi connectivity index (χ3v) is 5.57. The van der Waals surface area contributed by atoms with Gasteiger partial charge in [-0.05, 0) is 61.7 Å². The average Bonchev–Trinajstić information content (AvgIpc) is 3.18. The molecule has 4 nitrogen and oxygen atoms in total. The Kier molecular flexibility index (Phi) is 4.14. The average molecular weight is 328 g/mol. The molecule has 1 aromatic carbocycles. The molecule has 1 amide bonds. The lowest BCUT2D eigenvalue weighted by molar-refractivity contribution is 0.0909. The maximum absolute atomic E-state index is 12.4. The molecule has 4 rings (SSSR count). The van der Waals surface area contributed by atoms with Gasteiger partial charge in [0, 0.05) is 29.6 Å². The first-order valence-corrected chi connectivity index (χ1v) is 8.92. The number of furan rings is 1. The number of nitrogens with zero attached hydrogens (tertiary/aromatic N) is 1. The highest BCUT2D eigenvalue weighted by Crippen LogP contribution is 2.28. The SMILES string of the molecule is O=C(NC1CC2CCN(C2)C1)c1ccc(Sc2ccco2)cc1. The molecule has 2 aliphatic heterocycles. The summed E-state index contributed by atoms with van der Waals surface area (Å²) in [7, 11) is 0. The topological polar surface area (TPSA) is 45.5 Å². The molecule has 23 heavy (non-hydrogen) atoms. The summed E-state index contributed by atoms with van der Waals surface area (Å²) in [6.07, 6.45) is 4.07. The highest BCUT2D eigenvalue weighted by molar-refractivity contribution is 7.99. The smallest absolute Gasteiger partial charge is 0.251 e. The summed E-state index contributed by atoms with van der Waals surface area (Å²) in [5, 5.41) is 4.05. The van der Waals surface area contributed by atoms with Gasteiger partial charge in [-0.1, -0.05) is 11.8 Å². The third kappa shape index (κ3) is 3.46. The highest BCUT2D eigenvalue weighted by atomic mass is 32.2. The third-order valence-electron chi connectivity index (χ3n) is 4.63. The van der Waals surface area contributed by atoms with Crippen LogP contribution in [0.5, 0.6) is 0 Å². The summed E-state index contributed by atoms with van der Waals surface area (Å²) in [5.41, 5.74) is 0.724. The Bertz CT molecular complexity index is 657. The number of carbonyl (C=O) groups excluding carboxylic acids is 1. The minimum atomic E-state index is 0.0343. The summed E-state index contributed by atoms with van der Waals surface area (Å²) in [6.45, 7) is 3.40. The lowest BCUT2D eigenvalue weighted by atomic mass is 9.96. The molecular weight excluding hydrogens is 308 g/mol. The standard InChI is InChI=1S/C18H20N2O2S/c21-18(19-15-10-13-7-8-20(11-13)12-15)14-3-5-16(6-4-14)23-17-2-1-9-22-17/h1-6,9,13,15H,7-8,10-12H2,(H,19,21). The molecule has 120 valence electrons. The van der Waals surface area contributed by atoms with Gasteiger partial charge in [0.25, 0.3) is 5.91 Å². The summed E-state index contributed by atoms with van der Waals surface area (Å²) in [4.78, 5) is 15.9. The number of rotatable bonds is 4. The Morgan fingerprint density at radius 2 is 2.09 bits per heavy atom. The molecule has 1 N–H and O–H groups in total. The van der Waals surface area contributed by atoms with E-state index in [2.05, 4.69) is 10.2 Å². The van der Waals surface area contributed by atoms with Crippen molar-refractivity contribution in [2.45, 2.75) is 28.9 Å². The highest BCUT2D eigenvalue weighted by Gasteiger charge is 2.32. The minimum Gasteiger partial charge on any atom is -0.458 e. The summed E-state index contributed by atoms with van der Waals surface area (Å²) >= 11 is 1.55. The van der Waals surface area contributed by atoms with E-state index < -0.39 is 0 Å². The Balaban J connectivity index is 1.36. The van der Waals surface area contributed by atoms with E-state index in [0.717, 1.165) is 34.4 Å². The van der Waals surface area contributed by atoms with Gasteiger partial charge < -0.3 is 14.6 Å². The van der Waals surface area contributed by atoms with Crippen LogP contribution in [-0.2, 0) is 0 Å². The number of fused-ring (bicyclic) bond motifs is 2. The zero-order valence-electron chi connectivity index (χ0n) is 12.9. The van der Waals surface area contributed by atoms with Gasteiger partial charge >= 0.3 is 0 Å². The largest absolute Gasteiger partial charge is 0.458 e. The fourth-order valence-electron chi connectivity index (χ4n) is 3.55. The van der Waals surface area contributed by atoms with E-state index in [9.17, 15) is 4.79 Å². The van der Waals surface area contributed by atoms with E-state index in [0.29, 0.717) is 6.04 Å². The van der Waals surface area contributed by atoms with Crippen molar-refractivity contribution in [1.29, 1.82) is 0 Å². The van der Waals surface area contributed by atoms with Gasteiger partial charge in [-0.2, -0.15) is 0 Å². The van der Waals surface area contributed by atoms with E-state index in [4.69, 9.17) is 4.42 Å². The number of carbonyl (C=O) groups is 1. The summed E-state index contributed by atoms with van der Waals surface area (Å²) in [5.74, 6) is 0.799. The van der Waals surface area contributed by atoms with E-state index in [1.807, 2.05) is 36.4 Å². The lowest BCUT2D eigenvalue weighted by Crippen LogP contribution is -2.47. The van der Waals surface area contributed by atoms with Crippen LogP contribution in [0.15, 0.2) is 57.1 Å².